The average Bonchev–Trinajstić information content (AvgIpc) is 3.71. The molecule has 18 heteroatoms. The lowest BCUT2D eigenvalue weighted by atomic mass is 10.1. The molecule has 0 atom stereocenters. The van der Waals surface area contributed by atoms with Crippen molar-refractivity contribution in [2.75, 3.05) is 49.6 Å². The molecule has 0 saturated carbocycles. The summed E-state index contributed by atoms with van der Waals surface area (Å²) in [5, 5.41) is 17.3. The summed E-state index contributed by atoms with van der Waals surface area (Å²) in [5.74, 6) is -1.02. The number of fused-ring (bicyclic) bond motifs is 2. The Morgan fingerprint density at radius 3 is 2.57 bits per heavy atom. The van der Waals surface area contributed by atoms with Crippen LogP contribution in [-0.2, 0) is 28.7 Å². The molecule has 7 rings (SSSR count). The molecule has 0 aliphatic carbocycles. The largest absolute Gasteiger partial charge is 0.492 e. The molecule has 0 bridgehead atoms. The summed E-state index contributed by atoms with van der Waals surface area (Å²) in [6, 6.07) is 7.78. The highest BCUT2D eigenvalue weighted by atomic mass is 35.5. The fourth-order valence-corrected chi connectivity index (χ4v) is 6.61. The number of hydrogen-bond donors (Lipinski definition) is 2. The fraction of sp³-hybridized carbons (Fsp3) is 0.333. The van der Waals surface area contributed by atoms with Crippen LogP contribution in [0.2, 0.25) is 5.02 Å². The number of pyridine rings is 1. The van der Waals surface area contributed by atoms with Crippen molar-refractivity contribution in [3.8, 4) is 5.88 Å². The second-order valence-corrected chi connectivity index (χ2v) is 12.4. The maximum atomic E-state index is 14.2. The van der Waals surface area contributed by atoms with Gasteiger partial charge in [0.15, 0.2) is 11.5 Å². The number of rotatable bonds is 7. The van der Waals surface area contributed by atoms with E-state index in [9.17, 15) is 32.7 Å². The van der Waals surface area contributed by atoms with Gasteiger partial charge < -0.3 is 29.5 Å². The zero-order valence-corrected chi connectivity index (χ0v) is 27.9. The Bertz CT molecular complexity index is 2270. The highest BCUT2D eigenvalue weighted by Gasteiger charge is 2.33. The van der Waals surface area contributed by atoms with Crippen molar-refractivity contribution >= 4 is 51.8 Å². The van der Waals surface area contributed by atoms with Crippen LogP contribution in [0.15, 0.2) is 53.5 Å². The van der Waals surface area contributed by atoms with Gasteiger partial charge in [-0.15, -0.1) is 5.10 Å². The topological polar surface area (TPSA) is 152 Å². The number of amides is 2. The van der Waals surface area contributed by atoms with E-state index >= 15 is 0 Å². The molecule has 0 spiro atoms. The SMILES string of the molecule is CCc1c(N2CCN(C(=O)c3c(O)nc4ccccn34)CC2)c(=O)n2nc(C3=CCOCC3)nc2n1CC(=O)Nc1ccc(C(F)(F)F)cc1Cl. The first kappa shape index (κ1) is 34.0. The second-order valence-electron chi connectivity index (χ2n) is 12.0. The molecular formula is C33H31ClF3N9O5. The van der Waals surface area contributed by atoms with Gasteiger partial charge in [0.05, 0.1) is 35.2 Å². The van der Waals surface area contributed by atoms with E-state index in [0.29, 0.717) is 43.2 Å². The lowest BCUT2D eigenvalue weighted by Crippen LogP contribution is -2.51. The van der Waals surface area contributed by atoms with Crippen LogP contribution in [0.25, 0.3) is 17.0 Å². The number of aromatic hydroxyl groups is 1. The van der Waals surface area contributed by atoms with Crippen molar-refractivity contribution in [2.45, 2.75) is 32.5 Å². The molecule has 1 fully saturated rings. The molecule has 5 aromatic rings. The summed E-state index contributed by atoms with van der Waals surface area (Å²) < 4.78 is 49.2. The van der Waals surface area contributed by atoms with E-state index in [1.807, 2.05) is 17.9 Å². The van der Waals surface area contributed by atoms with Gasteiger partial charge in [0.2, 0.25) is 17.6 Å². The number of nitrogens with one attached hydrogen (secondary N) is 1. The van der Waals surface area contributed by atoms with E-state index in [0.717, 1.165) is 28.3 Å². The first-order chi connectivity index (χ1) is 24.4. The van der Waals surface area contributed by atoms with Gasteiger partial charge in [-0.05, 0) is 48.7 Å². The predicted molar refractivity (Wildman–Crippen MR) is 180 cm³/mol. The highest BCUT2D eigenvalue weighted by Crippen LogP contribution is 2.34. The van der Waals surface area contributed by atoms with Gasteiger partial charge in [0.1, 0.15) is 17.9 Å². The number of anilines is 2. The van der Waals surface area contributed by atoms with Crippen LogP contribution in [0.5, 0.6) is 5.88 Å². The minimum Gasteiger partial charge on any atom is -0.492 e. The zero-order chi connectivity index (χ0) is 36.0. The number of imidazole rings is 1. The lowest BCUT2D eigenvalue weighted by Gasteiger charge is -2.36. The number of carbonyl (C=O) groups excluding carboxylic acids is 2. The Hall–Kier alpha value is -5.42. The van der Waals surface area contributed by atoms with Gasteiger partial charge in [-0.2, -0.15) is 27.7 Å². The van der Waals surface area contributed by atoms with Gasteiger partial charge >= 0.3 is 6.18 Å². The van der Waals surface area contributed by atoms with Gasteiger partial charge in [-0.1, -0.05) is 30.7 Å². The number of alkyl halides is 3. The van der Waals surface area contributed by atoms with Crippen LogP contribution in [0.4, 0.5) is 24.5 Å². The van der Waals surface area contributed by atoms with Crippen LogP contribution >= 0.6 is 11.6 Å². The third-order valence-electron chi connectivity index (χ3n) is 8.88. The lowest BCUT2D eigenvalue weighted by molar-refractivity contribution is -0.137. The summed E-state index contributed by atoms with van der Waals surface area (Å²) in [5.41, 5.74) is 0.543. The van der Waals surface area contributed by atoms with Crippen molar-refractivity contribution in [1.82, 2.24) is 33.4 Å². The van der Waals surface area contributed by atoms with E-state index in [4.69, 9.17) is 16.3 Å². The average molecular weight is 726 g/mol. The minimum atomic E-state index is -4.61. The first-order valence-corrected chi connectivity index (χ1v) is 16.5. The number of halogens is 4. The highest BCUT2D eigenvalue weighted by molar-refractivity contribution is 6.33. The molecule has 2 amide bonds. The Morgan fingerprint density at radius 2 is 1.88 bits per heavy atom. The maximum Gasteiger partial charge on any atom is 0.416 e. The molecule has 1 aromatic carbocycles. The van der Waals surface area contributed by atoms with Gasteiger partial charge in [0.25, 0.3) is 11.5 Å². The zero-order valence-electron chi connectivity index (χ0n) is 27.2. The summed E-state index contributed by atoms with van der Waals surface area (Å²) in [6.07, 6.45) is -0.334. The smallest absolute Gasteiger partial charge is 0.416 e. The molecule has 14 nitrogen and oxygen atoms in total. The van der Waals surface area contributed by atoms with Gasteiger partial charge in [-0.25, -0.2) is 0 Å². The molecule has 51 heavy (non-hydrogen) atoms. The van der Waals surface area contributed by atoms with Crippen LogP contribution < -0.4 is 15.8 Å². The van der Waals surface area contributed by atoms with E-state index in [1.165, 1.54) is 4.40 Å². The normalized spacial score (nSPS) is 15.4. The van der Waals surface area contributed by atoms with Crippen molar-refractivity contribution in [3.63, 3.8) is 0 Å². The summed E-state index contributed by atoms with van der Waals surface area (Å²) in [7, 11) is 0. The van der Waals surface area contributed by atoms with E-state index < -0.39 is 29.1 Å². The fourth-order valence-electron chi connectivity index (χ4n) is 6.39. The molecule has 266 valence electrons. The Balaban J connectivity index is 1.22. The molecule has 0 unspecified atom stereocenters. The second kappa shape index (κ2) is 13.4. The van der Waals surface area contributed by atoms with E-state index in [1.54, 1.807) is 33.9 Å². The van der Waals surface area contributed by atoms with Crippen LogP contribution in [0.3, 0.4) is 0 Å². The Morgan fingerprint density at radius 1 is 1.10 bits per heavy atom. The number of ether oxygens (including phenoxy) is 1. The maximum absolute atomic E-state index is 14.2. The molecule has 2 aliphatic rings. The van der Waals surface area contributed by atoms with Crippen molar-refractivity contribution in [1.29, 1.82) is 0 Å². The summed E-state index contributed by atoms with van der Waals surface area (Å²) in [4.78, 5) is 53.4. The van der Waals surface area contributed by atoms with Crippen molar-refractivity contribution in [3.05, 3.63) is 86.8 Å². The molecule has 2 aliphatic heterocycles. The molecule has 6 heterocycles. The van der Waals surface area contributed by atoms with Crippen LogP contribution in [0.1, 0.15) is 40.9 Å². The van der Waals surface area contributed by atoms with Gasteiger partial charge in [0, 0.05) is 32.4 Å². The predicted octanol–water partition coefficient (Wildman–Crippen LogP) is 3.88. The van der Waals surface area contributed by atoms with Crippen molar-refractivity contribution in [2.24, 2.45) is 0 Å². The molecule has 1 saturated heterocycles. The standard InChI is InChI=1S/C33H31ClF3N9O5/c1-2-23-26(42-11-13-43(14-12-42)30(49)27-29(48)39-24-5-3-4-10-44(24)27)31(50)46-32(40-28(41-46)19-8-15-51-16-9-19)45(23)18-25(47)38-22-7-6-20(17-21(22)34)33(35,36)37/h3-8,10,17,48H,2,9,11-16,18H2,1H3,(H,38,47). The Labute approximate surface area is 292 Å². The van der Waals surface area contributed by atoms with E-state index in [-0.39, 0.29) is 66.5 Å². The van der Waals surface area contributed by atoms with Crippen LogP contribution in [0, 0.1) is 0 Å². The molecule has 4 aromatic heterocycles. The van der Waals surface area contributed by atoms with E-state index in [2.05, 4.69) is 20.4 Å². The van der Waals surface area contributed by atoms with Crippen LogP contribution in [-0.4, -0.2) is 89.8 Å². The third-order valence-corrected chi connectivity index (χ3v) is 9.19. The summed E-state index contributed by atoms with van der Waals surface area (Å²) >= 11 is 6.12. The molecular weight excluding hydrogens is 695 g/mol. The number of nitrogens with zero attached hydrogens (tertiary/aromatic N) is 8. The minimum absolute atomic E-state index is 0.0164. The number of piperazine rings is 1. The number of hydrogen-bond acceptors (Lipinski definition) is 9. The number of benzene rings is 1. The Kier molecular flexibility index (Phi) is 8.93. The monoisotopic (exact) mass is 725 g/mol. The number of aromatic nitrogens is 6. The molecule has 2 N–H and O–H groups in total. The quantitative estimate of drug-likeness (QED) is 0.255. The summed E-state index contributed by atoms with van der Waals surface area (Å²) in [6.45, 7) is 3.16. The third kappa shape index (κ3) is 6.38. The number of carbonyl (C=O) groups is 2. The first-order valence-electron chi connectivity index (χ1n) is 16.1. The van der Waals surface area contributed by atoms with Gasteiger partial charge in [-0.3, -0.25) is 18.8 Å². The van der Waals surface area contributed by atoms with Crippen molar-refractivity contribution < 1.29 is 32.6 Å². The molecule has 0 radical (unpaired) electrons.